The lowest BCUT2D eigenvalue weighted by atomic mass is 9.79. The number of aliphatic hydroxyl groups excluding tert-OH is 1. The molecule has 0 spiro atoms. The molecule has 0 saturated carbocycles. The van der Waals surface area contributed by atoms with Gasteiger partial charge >= 0.3 is 5.97 Å². The summed E-state index contributed by atoms with van der Waals surface area (Å²) in [7, 11) is 1.97. The van der Waals surface area contributed by atoms with E-state index >= 15 is 0 Å². The number of carboxylic acid groups (broad SMARTS) is 1. The van der Waals surface area contributed by atoms with Gasteiger partial charge in [0.2, 0.25) is 5.91 Å². The maximum atomic E-state index is 12.4. The van der Waals surface area contributed by atoms with Crippen molar-refractivity contribution in [3.05, 3.63) is 10.6 Å². The smallest absolute Gasteiger partial charge is 0.353 e. The fraction of sp³-hybridized carbons (Fsp3) is 0.789. The Balaban J connectivity index is 1.64. The lowest BCUT2D eigenvalue weighted by Crippen LogP contribution is -2.63. The van der Waals surface area contributed by atoms with Gasteiger partial charge in [-0.1, -0.05) is 6.92 Å². The molecule has 0 bridgehead atoms. The number of likely N-dealkylation sites (tertiary alicyclic amines) is 1. The summed E-state index contributed by atoms with van der Waals surface area (Å²) in [6.45, 7) is 7.73. The first-order valence-corrected chi connectivity index (χ1v) is 10.8. The van der Waals surface area contributed by atoms with E-state index < -0.39 is 18.0 Å². The number of nitrogens with one attached hydrogen (secondary N) is 1. The van der Waals surface area contributed by atoms with E-state index in [9.17, 15) is 19.8 Å². The van der Waals surface area contributed by atoms with Crippen LogP contribution in [0.2, 0.25) is 0 Å². The number of aliphatic carboxylic acids is 1. The molecule has 3 heterocycles. The van der Waals surface area contributed by atoms with Crippen LogP contribution in [0.15, 0.2) is 10.6 Å². The van der Waals surface area contributed by atoms with Crippen LogP contribution in [-0.4, -0.2) is 82.5 Å². The summed E-state index contributed by atoms with van der Waals surface area (Å²) in [5.41, 5.74) is 0.145. The van der Waals surface area contributed by atoms with E-state index in [2.05, 4.69) is 10.2 Å². The van der Waals surface area contributed by atoms with Gasteiger partial charge in [-0.2, -0.15) is 0 Å². The van der Waals surface area contributed by atoms with E-state index in [0.29, 0.717) is 5.25 Å². The average Bonchev–Trinajstić information content (AvgIpc) is 3.14. The first-order chi connectivity index (χ1) is 12.9. The third-order valence-corrected chi connectivity index (χ3v) is 7.52. The van der Waals surface area contributed by atoms with Gasteiger partial charge in [0.25, 0.3) is 0 Å². The van der Waals surface area contributed by atoms with Crippen LogP contribution in [0.5, 0.6) is 0 Å². The second kappa shape index (κ2) is 8.51. The molecule has 0 radical (unpaired) electrons. The van der Waals surface area contributed by atoms with Crippen molar-refractivity contribution in [1.29, 1.82) is 0 Å². The van der Waals surface area contributed by atoms with Crippen LogP contribution in [0.4, 0.5) is 0 Å². The second-order valence-electron chi connectivity index (χ2n) is 7.91. The maximum absolute atomic E-state index is 12.4. The molecule has 0 aliphatic carbocycles. The molecule has 2 fully saturated rings. The SMILES string of the molecule is CNCCCCN1CC[C@@H](SC2=C(C(=O)O)N3C(=O)[C@H]([C@@H](C)O)[C@H]3[C@H]2C)C1. The number of rotatable bonds is 9. The van der Waals surface area contributed by atoms with Gasteiger partial charge in [-0.25, -0.2) is 4.79 Å². The van der Waals surface area contributed by atoms with Crippen LogP contribution in [0.3, 0.4) is 0 Å². The molecule has 3 aliphatic heterocycles. The topological polar surface area (TPSA) is 93.1 Å². The molecule has 0 aromatic carbocycles. The predicted molar refractivity (Wildman–Crippen MR) is 105 cm³/mol. The van der Waals surface area contributed by atoms with Gasteiger partial charge in [-0.15, -0.1) is 11.8 Å². The molecule has 7 nitrogen and oxygen atoms in total. The summed E-state index contributed by atoms with van der Waals surface area (Å²) in [6.07, 6.45) is 2.62. The molecular formula is C19H31N3O4S. The van der Waals surface area contributed by atoms with E-state index in [1.165, 1.54) is 4.90 Å². The molecule has 27 heavy (non-hydrogen) atoms. The Kier molecular flexibility index (Phi) is 6.50. The van der Waals surface area contributed by atoms with E-state index in [0.717, 1.165) is 50.3 Å². The van der Waals surface area contributed by atoms with Gasteiger partial charge in [-0.3, -0.25) is 4.79 Å². The number of hydrogen-bond donors (Lipinski definition) is 3. The molecule has 0 unspecified atom stereocenters. The Bertz CT molecular complexity index is 624. The summed E-state index contributed by atoms with van der Waals surface area (Å²) < 4.78 is 0. The highest BCUT2D eigenvalue weighted by atomic mass is 32.2. The first kappa shape index (κ1) is 20.6. The summed E-state index contributed by atoms with van der Waals surface area (Å²) in [4.78, 5) is 28.9. The molecule has 5 atom stereocenters. The van der Waals surface area contributed by atoms with Crippen LogP contribution in [0.25, 0.3) is 0 Å². The van der Waals surface area contributed by atoms with Crippen molar-refractivity contribution < 1.29 is 19.8 Å². The molecular weight excluding hydrogens is 366 g/mol. The Hall–Kier alpha value is -1.09. The van der Waals surface area contributed by atoms with Crippen molar-refractivity contribution in [1.82, 2.24) is 15.1 Å². The molecule has 3 rings (SSSR count). The van der Waals surface area contributed by atoms with Gasteiger partial charge < -0.3 is 25.3 Å². The first-order valence-electron chi connectivity index (χ1n) is 9.89. The standard InChI is InChI=1S/C19H31N3O4S/c1-11-15-14(12(2)23)18(24)22(15)16(19(25)26)17(11)27-13-6-9-21(10-13)8-5-4-7-20-3/h11-15,20,23H,4-10H2,1-3H3,(H,25,26)/t11-,12-,13-,14-,15-/m1/s1. The molecule has 0 aromatic heterocycles. The lowest BCUT2D eigenvalue weighted by Gasteiger charge is -2.46. The minimum Gasteiger partial charge on any atom is -0.477 e. The van der Waals surface area contributed by atoms with Crippen molar-refractivity contribution in [2.45, 2.75) is 50.5 Å². The number of nitrogens with zero attached hydrogens (tertiary/aromatic N) is 2. The highest BCUT2D eigenvalue weighted by Crippen LogP contribution is 2.51. The number of β-lactam (4-membered cyclic amide) rings is 1. The minimum absolute atomic E-state index is 0.0388. The number of carboxylic acids is 1. The number of carbonyl (C=O) groups excluding carboxylic acids is 1. The van der Waals surface area contributed by atoms with Crippen LogP contribution in [0, 0.1) is 11.8 Å². The molecule has 2 saturated heterocycles. The maximum Gasteiger partial charge on any atom is 0.353 e. The van der Waals surface area contributed by atoms with Crippen molar-refractivity contribution >= 4 is 23.6 Å². The van der Waals surface area contributed by atoms with E-state index in [1.54, 1.807) is 18.7 Å². The zero-order valence-electron chi connectivity index (χ0n) is 16.4. The number of fused-ring (bicyclic) bond motifs is 1. The summed E-state index contributed by atoms with van der Waals surface area (Å²) >= 11 is 1.64. The number of aliphatic hydroxyl groups is 1. The van der Waals surface area contributed by atoms with Crippen LogP contribution in [-0.2, 0) is 9.59 Å². The largest absolute Gasteiger partial charge is 0.477 e. The molecule has 3 N–H and O–H groups in total. The molecule has 3 aliphatic rings. The van der Waals surface area contributed by atoms with E-state index in [-0.39, 0.29) is 23.6 Å². The quantitative estimate of drug-likeness (QED) is 0.394. The summed E-state index contributed by atoms with van der Waals surface area (Å²) in [6, 6.07) is -0.217. The molecule has 8 heteroatoms. The minimum atomic E-state index is -1.04. The number of thioether (sulfide) groups is 1. The second-order valence-corrected chi connectivity index (χ2v) is 9.25. The van der Waals surface area contributed by atoms with Crippen LogP contribution in [0.1, 0.15) is 33.1 Å². The average molecular weight is 398 g/mol. The van der Waals surface area contributed by atoms with Gasteiger partial charge in [0, 0.05) is 22.6 Å². The Labute approximate surface area is 165 Å². The van der Waals surface area contributed by atoms with Crippen molar-refractivity contribution in [2.24, 2.45) is 11.8 Å². The van der Waals surface area contributed by atoms with Crippen LogP contribution >= 0.6 is 11.8 Å². The lowest BCUT2D eigenvalue weighted by molar-refractivity contribution is -0.163. The zero-order valence-corrected chi connectivity index (χ0v) is 17.2. The third-order valence-electron chi connectivity index (χ3n) is 5.98. The zero-order chi connectivity index (χ0) is 19.7. The summed E-state index contributed by atoms with van der Waals surface area (Å²) in [5.74, 6) is -1.82. The number of unbranched alkanes of at least 4 members (excludes halogenated alkanes) is 1. The highest BCUT2D eigenvalue weighted by molar-refractivity contribution is 8.03. The van der Waals surface area contributed by atoms with Gasteiger partial charge in [0.05, 0.1) is 18.1 Å². The highest BCUT2D eigenvalue weighted by Gasteiger charge is 2.60. The molecule has 1 amide bonds. The monoisotopic (exact) mass is 397 g/mol. The van der Waals surface area contributed by atoms with Crippen molar-refractivity contribution in [2.75, 3.05) is 33.2 Å². The Morgan fingerprint density at radius 3 is 2.78 bits per heavy atom. The van der Waals surface area contributed by atoms with Gasteiger partial charge in [0.15, 0.2) is 0 Å². The fourth-order valence-electron chi connectivity index (χ4n) is 4.59. The van der Waals surface area contributed by atoms with Crippen molar-refractivity contribution in [3.8, 4) is 0 Å². The molecule has 0 aromatic rings. The summed E-state index contributed by atoms with van der Waals surface area (Å²) in [5, 5.41) is 23.2. The fourth-order valence-corrected chi connectivity index (χ4v) is 6.11. The Morgan fingerprint density at radius 2 is 2.15 bits per heavy atom. The Morgan fingerprint density at radius 1 is 1.41 bits per heavy atom. The normalized spacial score (nSPS) is 32.0. The number of hydrogen-bond acceptors (Lipinski definition) is 6. The van der Waals surface area contributed by atoms with Crippen molar-refractivity contribution in [3.63, 3.8) is 0 Å². The third kappa shape index (κ3) is 3.90. The van der Waals surface area contributed by atoms with Gasteiger partial charge in [0.1, 0.15) is 5.70 Å². The van der Waals surface area contributed by atoms with Gasteiger partial charge in [-0.05, 0) is 52.9 Å². The number of amides is 1. The van der Waals surface area contributed by atoms with E-state index in [4.69, 9.17) is 0 Å². The van der Waals surface area contributed by atoms with Crippen LogP contribution < -0.4 is 5.32 Å². The predicted octanol–water partition coefficient (Wildman–Crippen LogP) is 0.947. The number of carbonyl (C=O) groups is 2. The molecule has 152 valence electrons. The van der Waals surface area contributed by atoms with E-state index in [1.807, 2.05) is 14.0 Å².